The van der Waals surface area contributed by atoms with Gasteiger partial charge in [0.2, 0.25) is 0 Å². The van der Waals surface area contributed by atoms with Gasteiger partial charge in [-0.1, -0.05) is 33.3 Å². The Bertz CT molecular complexity index is 326. The predicted molar refractivity (Wildman–Crippen MR) is 66.2 cm³/mol. The second kappa shape index (κ2) is 3.69. The zero-order valence-corrected chi connectivity index (χ0v) is 11.2. The number of hydrogen-bond donors (Lipinski definition) is 1. The molecule has 2 nitrogen and oxygen atoms in total. The molecule has 0 aliphatic heterocycles. The van der Waals surface area contributed by atoms with Crippen molar-refractivity contribution in [1.82, 2.24) is 0 Å². The molecular formula is C14H24O2. The van der Waals surface area contributed by atoms with Crippen molar-refractivity contribution in [3.05, 3.63) is 12.2 Å². The molecule has 16 heavy (non-hydrogen) atoms. The summed E-state index contributed by atoms with van der Waals surface area (Å²) in [7, 11) is 0. The van der Waals surface area contributed by atoms with Crippen molar-refractivity contribution in [3.63, 3.8) is 0 Å². The summed E-state index contributed by atoms with van der Waals surface area (Å²) in [5, 5.41) is 10.8. The second-order valence-corrected chi connectivity index (χ2v) is 6.59. The molecule has 1 aliphatic carbocycles. The number of hydrogen-bond acceptors (Lipinski definition) is 2. The lowest BCUT2D eigenvalue weighted by atomic mass is 9.55. The van der Waals surface area contributed by atoms with E-state index in [0.29, 0.717) is 6.42 Å². The van der Waals surface area contributed by atoms with Crippen molar-refractivity contribution < 1.29 is 9.90 Å². The van der Waals surface area contributed by atoms with Gasteiger partial charge in [0.1, 0.15) is 5.60 Å². The van der Waals surface area contributed by atoms with Crippen LogP contribution in [0.2, 0.25) is 0 Å². The highest BCUT2D eigenvalue weighted by Crippen LogP contribution is 2.50. The van der Waals surface area contributed by atoms with E-state index in [1.807, 2.05) is 34.6 Å². The van der Waals surface area contributed by atoms with Crippen molar-refractivity contribution >= 4 is 5.78 Å². The lowest BCUT2D eigenvalue weighted by Crippen LogP contribution is -2.59. The van der Waals surface area contributed by atoms with Gasteiger partial charge in [-0.25, -0.2) is 0 Å². The highest BCUT2D eigenvalue weighted by molar-refractivity contribution is 5.93. The topological polar surface area (TPSA) is 37.3 Å². The molecule has 0 aromatic rings. The van der Waals surface area contributed by atoms with Crippen molar-refractivity contribution in [2.24, 2.45) is 10.8 Å². The molecule has 0 saturated heterocycles. The van der Waals surface area contributed by atoms with Crippen LogP contribution in [0.25, 0.3) is 0 Å². The Labute approximate surface area is 98.7 Å². The van der Waals surface area contributed by atoms with Gasteiger partial charge in [0.25, 0.3) is 0 Å². The third-order valence-electron chi connectivity index (χ3n) is 4.04. The van der Waals surface area contributed by atoms with Gasteiger partial charge in [-0.05, 0) is 19.8 Å². The summed E-state index contributed by atoms with van der Waals surface area (Å²) in [6.07, 6.45) is 2.09. The molecule has 0 heterocycles. The summed E-state index contributed by atoms with van der Waals surface area (Å²) < 4.78 is 0. The number of Topliss-reactive ketones (excluding diaryl/α,β-unsaturated/α-hetero) is 1. The molecule has 2 heteroatoms. The number of carbonyl (C=O) groups is 1. The number of aliphatic hydroxyl groups is 1. The highest BCUT2D eigenvalue weighted by Gasteiger charge is 2.57. The number of rotatable bonds is 2. The summed E-state index contributed by atoms with van der Waals surface area (Å²) >= 11 is 0. The van der Waals surface area contributed by atoms with E-state index in [9.17, 15) is 9.90 Å². The zero-order valence-electron chi connectivity index (χ0n) is 11.2. The van der Waals surface area contributed by atoms with Crippen LogP contribution in [0.4, 0.5) is 0 Å². The molecule has 1 N–H and O–H groups in total. The van der Waals surface area contributed by atoms with Crippen molar-refractivity contribution in [2.75, 3.05) is 0 Å². The fraction of sp³-hybridized carbons (Fsp3) is 0.786. The van der Waals surface area contributed by atoms with E-state index in [1.165, 1.54) is 0 Å². The fourth-order valence-corrected chi connectivity index (χ4v) is 2.57. The van der Waals surface area contributed by atoms with Crippen LogP contribution in [0.3, 0.4) is 0 Å². The van der Waals surface area contributed by atoms with Gasteiger partial charge in [0.15, 0.2) is 5.78 Å². The molecule has 1 saturated carbocycles. The van der Waals surface area contributed by atoms with Gasteiger partial charge >= 0.3 is 0 Å². The van der Waals surface area contributed by atoms with Crippen molar-refractivity contribution in [3.8, 4) is 0 Å². The zero-order chi connectivity index (χ0) is 12.8. The molecule has 92 valence electrons. The quantitative estimate of drug-likeness (QED) is 0.732. The van der Waals surface area contributed by atoms with Gasteiger partial charge < -0.3 is 5.11 Å². The van der Waals surface area contributed by atoms with E-state index in [1.54, 1.807) is 0 Å². The van der Waals surface area contributed by atoms with Crippen LogP contribution >= 0.6 is 0 Å². The van der Waals surface area contributed by atoms with Crippen LogP contribution in [0.1, 0.15) is 53.9 Å². The van der Waals surface area contributed by atoms with Crippen LogP contribution in [0.15, 0.2) is 12.2 Å². The molecule has 0 aromatic carbocycles. The second-order valence-electron chi connectivity index (χ2n) is 6.59. The molecule has 0 aromatic heterocycles. The van der Waals surface area contributed by atoms with Crippen LogP contribution in [0.5, 0.6) is 0 Å². The summed E-state index contributed by atoms with van der Waals surface area (Å²) in [5.74, 6) is -0.0285. The van der Waals surface area contributed by atoms with Gasteiger partial charge in [0.05, 0.1) is 0 Å². The fourth-order valence-electron chi connectivity index (χ4n) is 2.57. The summed E-state index contributed by atoms with van der Waals surface area (Å²) in [4.78, 5) is 12.4. The Morgan fingerprint density at radius 1 is 1.31 bits per heavy atom. The van der Waals surface area contributed by atoms with E-state index in [4.69, 9.17) is 0 Å². The smallest absolute Gasteiger partial charge is 0.170 e. The van der Waals surface area contributed by atoms with Gasteiger partial charge in [-0.2, -0.15) is 0 Å². The highest BCUT2D eigenvalue weighted by atomic mass is 16.3. The third kappa shape index (κ3) is 1.95. The first-order chi connectivity index (χ1) is 7.03. The molecule has 1 aliphatic rings. The maximum atomic E-state index is 12.4. The Hall–Kier alpha value is -0.630. The standard InChI is InChI=1S/C14H24O2/c1-10(2)9-14(16)11(15)12(3,4)7-8-13(14,5)6/h16H,1,7-9H2,2-6H3. The number of carbonyl (C=O) groups excluding carboxylic acids is 1. The molecular weight excluding hydrogens is 200 g/mol. The Morgan fingerprint density at radius 3 is 2.25 bits per heavy atom. The Balaban J connectivity index is 3.17. The van der Waals surface area contributed by atoms with E-state index < -0.39 is 11.0 Å². The van der Waals surface area contributed by atoms with Crippen LogP contribution in [0, 0.1) is 10.8 Å². The van der Waals surface area contributed by atoms with Crippen LogP contribution in [-0.2, 0) is 4.79 Å². The molecule has 0 amide bonds. The first-order valence-electron chi connectivity index (χ1n) is 5.95. The molecule has 1 rings (SSSR count). The van der Waals surface area contributed by atoms with Crippen molar-refractivity contribution in [1.29, 1.82) is 0 Å². The minimum atomic E-state index is -1.25. The summed E-state index contributed by atoms with van der Waals surface area (Å²) in [5.41, 5.74) is -1.17. The third-order valence-corrected chi connectivity index (χ3v) is 4.04. The predicted octanol–water partition coefficient (Wildman–Crippen LogP) is 3.10. The van der Waals surface area contributed by atoms with Crippen LogP contribution in [-0.4, -0.2) is 16.5 Å². The molecule has 1 atom stereocenters. The average molecular weight is 224 g/mol. The Kier molecular flexibility index (Phi) is 3.10. The normalized spacial score (nSPS) is 32.5. The van der Waals surface area contributed by atoms with Gasteiger partial charge in [-0.15, -0.1) is 6.58 Å². The summed E-state index contributed by atoms with van der Waals surface area (Å²) in [6.45, 7) is 13.5. The van der Waals surface area contributed by atoms with E-state index >= 15 is 0 Å². The molecule has 1 unspecified atom stereocenters. The van der Waals surface area contributed by atoms with Crippen LogP contribution < -0.4 is 0 Å². The summed E-state index contributed by atoms with van der Waals surface area (Å²) in [6, 6.07) is 0. The monoisotopic (exact) mass is 224 g/mol. The van der Waals surface area contributed by atoms with E-state index in [2.05, 4.69) is 6.58 Å². The molecule has 0 bridgehead atoms. The minimum absolute atomic E-state index is 0.0285. The van der Waals surface area contributed by atoms with Crippen molar-refractivity contribution in [2.45, 2.75) is 59.5 Å². The average Bonchev–Trinajstić information content (AvgIpc) is 2.10. The van der Waals surface area contributed by atoms with E-state index in [-0.39, 0.29) is 11.2 Å². The molecule has 1 fully saturated rings. The number of ketones is 1. The Morgan fingerprint density at radius 2 is 1.81 bits per heavy atom. The largest absolute Gasteiger partial charge is 0.381 e. The van der Waals surface area contributed by atoms with E-state index in [0.717, 1.165) is 18.4 Å². The maximum absolute atomic E-state index is 12.4. The SMILES string of the molecule is C=C(C)CC1(O)C(=O)C(C)(C)CCC1(C)C. The van der Waals surface area contributed by atoms with Gasteiger partial charge in [-0.3, -0.25) is 4.79 Å². The lowest BCUT2D eigenvalue weighted by Gasteiger charge is -2.50. The molecule has 0 radical (unpaired) electrons. The minimum Gasteiger partial charge on any atom is -0.381 e. The lowest BCUT2D eigenvalue weighted by molar-refractivity contribution is -0.171. The maximum Gasteiger partial charge on any atom is 0.170 e. The first-order valence-corrected chi connectivity index (χ1v) is 5.95. The van der Waals surface area contributed by atoms with Gasteiger partial charge in [0, 0.05) is 17.3 Å². The first kappa shape index (κ1) is 13.4. The molecule has 0 spiro atoms.